The van der Waals surface area contributed by atoms with Crippen molar-refractivity contribution in [2.45, 2.75) is 0 Å². The minimum Gasteiger partial charge on any atom is -0.378 e. The first-order valence-electron chi connectivity index (χ1n) is 9.67. The number of ether oxygens (including phenoxy) is 1. The molecule has 4 rings (SSSR count). The van der Waals surface area contributed by atoms with E-state index in [4.69, 9.17) is 16.3 Å². The van der Waals surface area contributed by atoms with E-state index >= 15 is 0 Å². The van der Waals surface area contributed by atoms with Crippen molar-refractivity contribution in [2.75, 3.05) is 62.3 Å². The third kappa shape index (κ3) is 4.29. The fraction of sp³-hybridized carbons (Fsp3) is 0.421. The van der Waals surface area contributed by atoms with E-state index in [0.717, 1.165) is 24.7 Å². The van der Waals surface area contributed by atoms with Crippen LogP contribution in [0.5, 0.6) is 0 Å². The molecule has 0 unspecified atom stereocenters. The number of aromatic nitrogens is 2. The Balaban J connectivity index is 1.39. The Morgan fingerprint density at radius 3 is 2.13 bits per heavy atom. The summed E-state index contributed by atoms with van der Waals surface area (Å²) in [4.78, 5) is 29.3. The summed E-state index contributed by atoms with van der Waals surface area (Å²) < 4.78 is 5.35. The number of nitrogens with zero attached hydrogens (tertiary/aromatic N) is 6. The molecule has 158 valence electrons. The molecule has 11 heteroatoms. The molecule has 2 aliphatic rings. The highest BCUT2D eigenvalue weighted by molar-refractivity contribution is 6.31. The van der Waals surface area contributed by atoms with E-state index in [0.29, 0.717) is 39.4 Å². The van der Waals surface area contributed by atoms with Crippen molar-refractivity contribution in [1.29, 1.82) is 0 Å². The summed E-state index contributed by atoms with van der Waals surface area (Å²) in [7, 11) is 0. The van der Waals surface area contributed by atoms with E-state index in [1.54, 1.807) is 4.90 Å². The van der Waals surface area contributed by atoms with E-state index in [1.807, 2.05) is 12.1 Å². The molecule has 1 amide bonds. The molecule has 1 aromatic carbocycles. The lowest BCUT2D eigenvalue weighted by molar-refractivity contribution is -0.385. The van der Waals surface area contributed by atoms with Crippen molar-refractivity contribution in [3.63, 3.8) is 0 Å². The quantitative estimate of drug-likeness (QED) is 0.532. The van der Waals surface area contributed by atoms with Gasteiger partial charge in [0.25, 0.3) is 11.6 Å². The molecule has 0 aliphatic carbocycles. The second-order valence-corrected chi connectivity index (χ2v) is 7.48. The molecule has 10 nitrogen and oxygen atoms in total. The van der Waals surface area contributed by atoms with Crippen molar-refractivity contribution < 1.29 is 14.5 Å². The number of piperazine rings is 1. The van der Waals surface area contributed by atoms with Gasteiger partial charge in [-0.3, -0.25) is 14.9 Å². The number of nitro benzene ring substituents is 1. The number of rotatable bonds is 4. The average Bonchev–Trinajstić information content (AvgIpc) is 2.79. The van der Waals surface area contributed by atoms with E-state index in [-0.39, 0.29) is 22.2 Å². The van der Waals surface area contributed by atoms with Gasteiger partial charge in [-0.25, -0.2) is 0 Å². The molecule has 2 fully saturated rings. The van der Waals surface area contributed by atoms with Gasteiger partial charge in [0.2, 0.25) is 0 Å². The number of hydrogen-bond acceptors (Lipinski definition) is 8. The molecule has 0 radical (unpaired) electrons. The fourth-order valence-corrected chi connectivity index (χ4v) is 3.76. The van der Waals surface area contributed by atoms with Crippen LogP contribution in [0.15, 0.2) is 30.3 Å². The average molecular weight is 433 g/mol. The molecular weight excluding hydrogens is 412 g/mol. The Hall–Kier alpha value is -2.98. The molecule has 0 bridgehead atoms. The zero-order chi connectivity index (χ0) is 21.1. The Kier molecular flexibility index (Phi) is 5.96. The zero-order valence-electron chi connectivity index (χ0n) is 16.2. The summed E-state index contributed by atoms with van der Waals surface area (Å²) in [6, 6.07) is 7.98. The van der Waals surface area contributed by atoms with E-state index < -0.39 is 4.92 Å². The monoisotopic (exact) mass is 432 g/mol. The molecule has 2 saturated heterocycles. The minimum atomic E-state index is -0.582. The van der Waals surface area contributed by atoms with Gasteiger partial charge in [0.1, 0.15) is 5.56 Å². The molecular formula is C19H21ClN6O4. The first-order valence-corrected chi connectivity index (χ1v) is 10.1. The second kappa shape index (κ2) is 8.80. The van der Waals surface area contributed by atoms with Crippen LogP contribution in [-0.4, -0.2) is 78.4 Å². The number of hydrogen-bond donors (Lipinski definition) is 0. The van der Waals surface area contributed by atoms with Crippen LogP contribution in [-0.2, 0) is 4.74 Å². The summed E-state index contributed by atoms with van der Waals surface area (Å²) in [6.07, 6.45) is 0. The molecule has 0 N–H and O–H groups in total. The maximum Gasteiger partial charge on any atom is 0.283 e. The van der Waals surface area contributed by atoms with Crippen LogP contribution in [0.25, 0.3) is 0 Å². The maximum absolute atomic E-state index is 12.8. The molecule has 0 spiro atoms. The standard InChI is InChI=1S/C19H21ClN6O4/c20-14-1-2-15(16(13-14)26(28)29)19(27)25-7-5-23(6-8-25)17-3-4-18(22-21-17)24-9-11-30-12-10-24/h1-4,13H,5-12H2. The number of carbonyl (C=O) groups is 1. The first-order chi connectivity index (χ1) is 14.5. The molecule has 2 aliphatic heterocycles. The van der Waals surface area contributed by atoms with E-state index in [9.17, 15) is 14.9 Å². The smallest absolute Gasteiger partial charge is 0.283 e. The lowest BCUT2D eigenvalue weighted by Gasteiger charge is -2.35. The van der Waals surface area contributed by atoms with Gasteiger partial charge in [0.15, 0.2) is 11.6 Å². The highest BCUT2D eigenvalue weighted by Crippen LogP contribution is 2.25. The van der Waals surface area contributed by atoms with Crippen molar-refractivity contribution in [3.8, 4) is 0 Å². The summed E-state index contributed by atoms with van der Waals surface area (Å²) in [6.45, 7) is 4.97. The van der Waals surface area contributed by atoms with E-state index in [2.05, 4.69) is 20.0 Å². The summed E-state index contributed by atoms with van der Waals surface area (Å²) in [5.41, 5.74) is -0.230. The molecule has 3 heterocycles. The number of amides is 1. The Bertz CT molecular complexity index is 927. The van der Waals surface area contributed by atoms with Gasteiger partial charge in [0.05, 0.1) is 18.1 Å². The molecule has 0 atom stereocenters. The molecule has 30 heavy (non-hydrogen) atoms. The van der Waals surface area contributed by atoms with Crippen LogP contribution in [0.4, 0.5) is 17.3 Å². The summed E-state index contributed by atoms with van der Waals surface area (Å²) >= 11 is 5.84. The predicted octanol–water partition coefficient (Wildman–Crippen LogP) is 1.84. The van der Waals surface area contributed by atoms with Gasteiger partial charge in [-0.15, -0.1) is 10.2 Å². The first kappa shape index (κ1) is 20.3. The highest BCUT2D eigenvalue weighted by Gasteiger charge is 2.28. The topological polar surface area (TPSA) is 105 Å². The van der Waals surface area contributed by atoms with Crippen LogP contribution in [0.2, 0.25) is 5.02 Å². The van der Waals surface area contributed by atoms with Crippen LogP contribution in [0.1, 0.15) is 10.4 Å². The third-order valence-corrected chi connectivity index (χ3v) is 5.48. The number of nitro groups is 1. The third-order valence-electron chi connectivity index (χ3n) is 5.25. The van der Waals surface area contributed by atoms with E-state index in [1.165, 1.54) is 18.2 Å². The largest absolute Gasteiger partial charge is 0.378 e. The van der Waals surface area contributed by atoms with Crippen LogP contribution in [0, 0.1) is 10.1 Å². The van der Waals surface area contributed by atoms with Gasteiger partial charge in [0, 0.05) is 50.4 Å². The molecule has 2 aromatic rings. The Morgan fingerprint density at radius 1 is 0.967 bits per heavy atom. The van der Waals surface area contributed by atoms with Crippen LogP contribution < -0.4 is 9.80 Å². The fourth-order valence-electron chi connectivity index (χ4n) is 3.59. The lowest BCUT2D eigenvalue weighted by Crippen LogP contribution is -2.49. The van der Waals surface area contributed by atoms with Crippen molar-refractivity contribution in [1.82, 2.24) is 15.1 Å². The number of morpholine rings is 1. The van der Waals surface area contributed by atoms with Crippen molar-refractivity contribution >= 4 is 34.8 Å². The predicted molar refractivity (Wildman–Crippen MR) is 111 cm³/mol. The van der Waals surface area contributed by atoms with Crippen LogP contribution in [0.3, 0.4) is 0 Å². The number of benzene rings is 1. The highest BCUT2D eigenvalue weighted by atomic mass is 35.5. The maximum atomic E-state index is 12.8. The molecule has 0 saturated carbocycles. The Morgan fingerprint density at radius 2 is 1.57 bits per heavy atom. The number of anilines is 2. The van der Waals surface area contributed by atoms with Gasteiger partial charge >= 0.3 is 0 Å². The van der Waals surface area contributed by atoms with Crippen molar-refractivity contribution in [2.24, 2.45) is 0 Å². The minimum absolute atomic E-state index is 0.0486. The summed E-state index contributed by atoms with van der Waals surface area (Å²) in [5, 5.41) is 20.2. The number of halogens is 1. The zero-order valence-corrected chi connectivity index (χ0v) is 17.0. The van der Waals surface area contributed by atoms with Crippen molar-refractivity contribution in [3.05, 3.63) is 51.0 Å². The summed E-state index contributed by atoms with van der Waals surface area (Å²) in [5.74, 6) is 1.20. The van der Waals surface area contributed by atoms with Gasteiger partial charge in [-0.05, 0) is 24.3 Å². The van der Waals surface area contributed by atoms with Gasteiger partial charge < -0.3 is 19.4 Å². The SMILES string of the molecule is O=C(c1ccc(Cl)cc1[N+](=O)[O-])N1CCN(c2ccc(N3CCOCC3)nn2)CC1. The van der Waals surface area contributed by atoms with Crippen LogP contribution >= 0.6 is 11.6 Å². The Labute approximate surface area is 178 Å². The number of carbonyl (C=O) groups excluding carboxylic acids is 1. The molecule has 1 aromatic heterocycles. The van der Waals surface area contributed by atoms with Gasteiger partial charge in [-0.1, -0.05) is 11.6 Å². The lowest BCUT2D eigenvalue weighted by atomic mass is 10.1. The van der Waals surface area contributed by atoms with Gasteiger partial charge in [-0.2, -0.15) is 0 Å². The second-order valence-electron chi connectivity index (χ2n) is 7.05. The normalized spacial score (nSPS) is 17.2.